The molecule has 0 saturated carbocycles. The van der Waals surface area contributed by atoms with E-state index in [1.54, 1.807) is 25.1 Å². The van der Waals surface area contributed by atoms with Crippen molar-refractivity contribution in [2.24, 2.45) is 0 Å². The van der Waals surface area contributed by atoms with Crippen LogP contribution >= 0.6 is 11.6 Å². The molecular weight excluding hydrogens is 362 g/mol. The lowest BCUT2D eigenvalue weighted by atomic mass is 10.0. The van der Waals surface area contributed by atoms with Crippen LogP contribution < -0.4 is 4.18 Å². The summed E-state index contributed by atoms with van der Waals surface area (Å²) < 4.78 is 35.6. The quantitative estimate of drug-likeness (QED) is 0.620. The average Bonchev–Trinajstić information content (AvgIpc) is 2.90. The zero-order chi connectivity index (χ0) is 18.0. The maximum atomic E-state index is 12.6. The Balaban J connectivity index is 1.98. The first-order chi connectivity index (χ1) is 11.9. The van der Waals surface area contributed by atoms with Gasteiger partial charge in [0.05, 0.1) is 0 Å². The highest BCUT2D eigenvalue weighted by atomic mass is 35.5. The van der Waals surface area contributed by atoms with Crippen molar-refractivity contribution in [2.75, 3.05) is 0 Å². The van der Waals surface area contributed by atoms with E-state index in [9.17, 15) is 8.42 Å². The first kappa shape index (κ1) is 17.5. The number of nitrogens with zero attached hydrogens (tertiary/aromatic N) is 1. The van der Waals surface area contributed by atoms with Gasteiger partial charge in [-0.25, -0.2) is 0 Å². The molecule has 0 spiro atoms. The lowest BCUT2D eigenvalue weighted by Gasteiger charge is -2.12. The Bertz CT molecular complexity index is 978. The molecular formula is C18H16ClNO4S. The van der Waals surface area contributed by atoms with Crippen LogP contribution in [0, 0.1) is 13.8 Å². The van der Waals surface area contributed by atoms with Gasteiger partial charge in [0.15, 0.2) is 10.7 Å². The van der Waals surface area contributed by atoms with Crippen molar-refractivity contribution >= 4 is 21.7 Å². The van der Waals surface area contributed by atoms with Crippen molar-refractivity contribution in [1.29, 1.82) is 0 Å². The van der Waals surface area contributed by atoms with Gasteiger partial charge < -0.3 is 8.71 Å². The molecule has 1 heterocycles. The van der Waals surface area contributed by atoms with Gasteiger partial charge in [-0.2, -0.15) is 8.42 Å². The molecule has 3 aromatic rings. The summed E-state index contributed by atoms with van der Waals surface area (Å²) >= 11 is 6.07. The summed E-state index contributed by atoms with van der Waals surface area (Å²) in [7, 11) is -4.06. The third kappa shape index (κ3) is 3.86. The fourth-order valence-electron chi connectivity index (χ4n) is 2.57. The molecule has 0 aliphatic heterocycles. The molecule has 7 heteroatoms. The number of hydrogen-bond acceptors (Lipinski definition) is 5. The maximum Gasteiger partial charge on any atom is 0.344 e. The zero-order valence-corrected chi connectivity index (χ0v) is 15.3. The minimum absolute atomic E-state index is 0.0480. The third-order valence-electron chi connectivity index (χ3n) is 3.68. The summed E-state index contributed by atoms with van der Waals surface area (Å²) in [5.41, 5.74) is 1.95. The lowest BCUT2D eigenvalue weighted by Crippen LogP contribution is -2.12. The summed E-state index contributed by atoms with van der Waals surface area (Å²) in [6.45, 7) is 3.09. The van der Waals surface area contributed by atoms with Gasteiger partial charge in [0.25, 0.3) is 0 Å². The normalized spacial score (nSPS) is 11.5. The minimum Gasteiger partial charge on any atom is -0.379 e. The molecule has 1 aromatic heterocycles. The fraction of sp³-hybridized carbons (Fsp3) is 0.167. The van der Waals surface area contributed by atoms with Crippen molar-refractivity contribution in [3.05, 3.63) is 76.1 Å². The van der Waals surface area contributed by atoms with E-state index >= 15 is 0 Å². The number of aryl methyl sites for hydroxylation is 2. The van der Waals surface area contributed by atoms with E-state index in [-0.39, 0.29) is 22.1 Å². The molecule has 0 bridgehead atoms. The van der Waals surface area contributed by atoms with Gasteiger partial charge in [-0.15, -0.1) is 0 Å². The summed E-state index contributed by atoms with van der Waals surface area (Å²) in [6, 6.07) is 14.5. The molecule has 0 N–H and O–H groups in total. The molecule has 0 atom stereocenters. The van der Waals surface area contributed by atoms with E-state index in [2.05, 4.69) is 5.16 Å². The number of rotatable bonds is 5. The molecule has 0 saturated heterocycles. The predicted octanol–water partition coefficient (Wildman–Crippen LogP) is 4.30. The predicted molar refractivity (Wildman–Crippen MR) is 94.5 cm³/mol. The van der Waals surface area contributed by atoms with Gasteiger partial charge >= 0.3 is 10.1 Å². The molecule has 0 aliphatic carbocycles. The number of halogens is 1. The van der Waals surface area contributed by atoms with E-state index in [4.69, 9.17) is 20.3 Å². The van der Waals surface area contributed by atoms with Crippen LogP contribution in [-0.4, -0.2) is 13.6 Å². The van der Waals surface area contributed by atoms with E-state index < -0.39 is 10.1 Å². The molecule has 0 radical (unpaired) electrons. The summed E-state index contributed by atoms with van der Waals surface area (Å²) in [5.74, 6) is 0.421. The lowest BCUT2D eigenvalue weighted by molar-refractivity contribution is 0.389. The minimum atomic E-state index is -4.06. The number of aromatic nitrogens is 1. The Morgan fingerprint density at radius 2 is 1.84 bits per heavy atom. The van der Waals surface area contributed by atoms with Crippen molar-refractivity contribution in [2.45, 2.75) is 25.2 Å². The molecule has 0 unspecified atom stereocenters. The molecule has 0 aliphatic rings. The largest absolute Gasteiger partial charge is 0.379 e. The van der Waals surface area contributed by atoms with Gasteiger partial charge in [-0.3, -0.25) is 0 Å². The Morgan fingerprint density at radius 1 is 1.12 bits per heavy atom. The van der Waals surface area contributed by atoms with Crippen LogP contribution in [0.2, 0.25) is 5.02 Å². The molecule has 5 nitrogen and oxygen atoms in total. The second-order valence-electron chi connectivity index (χ2n) is 5.61. The van der Waals surface area contributed by atoms with Gasteiger partial charge in [-0.1, -0.05) is 47.1 Å². The smallest absolute Gasteiger partial charge is 0.344 e. The molecule has 25 heavy (non-hydrogen) atoms. The molecule has 3 rings (SSSR count). The summed E-state index contributed by atoms with van der Waals surface area (Å²) in [5, 5.41) is 4.18. The number of hydrogen-bond donors (Lipinski definition) is 0. The Labute approximate surface area is 151 Å². The van der Waals surface area contributed by atoms with E-state index in [0.717, 1.165) is 5.56 Å². The van der Waals surface area contributed by atoms with E-state index in [1.165, 1.54) is 6.92 Å². The zero-order valence-electron chi connectivity index (χ0n) is 13.7. The van der Waals surface area contributed by atoms with Gasteiger partial charge in [-0.05, 0) is 37.6 Å². The maximum absolute atomic E-state index is 12.6. The van der Waals surface area contributed by atoms with Crippen molar-refractivity contribution in [3.63, 3.8) is 0 Å². The summed E-state index contributed by atoms with van der Waals surface area (Å²) in [4.78, 5) is -0.0480. The second kappa shape index (κ2) is 6.90. The Morgan fingerprint density at radius 3 is 2.48 bits per heavy atom. The molecule has 2 aromatic carbocycles. The Kier molecular flexibility index (Phi) is 4.83. The van der Waals surface area contributed by atoms with Crippen molar-refractivity contribution in [3.8, 4) is 5.75 Å². The number of benzene rings is 2. The Hall–Kier alpha value is -2.31. The van der Waals surface area contributed by atoms with Crippen molar-refractivity contribution < 1.29 is 17.1 Å². The highest BCUT2D eigenvalue weighted by Crippen LogP contribution is 2.30. The SMILES string of the molecule is Cc1noc(C)c1S(=O)(=O)Oc1ccc(Cl)cc1Cc1ccccc1. The van der Waals surface area contributed by atoms with Crippen molar-refractivity contribution in [1.82, 2.24) is 5.16 Å². The monoisotopic (exact) mass is 377 g/mol. The van der Waals surface area contributed by atoms with E-state index in [1.807, 2.05) is 30.3 Å². The van der Waals surface area contributed by atoms with Crippen LogP contribution in [0.15, 0.2) is 57.9 Å². The van der Waals surface area contributed by atoms with E-state index in [0.29, 0.717) is 17.0 Å². The summed E-state index contributed by atoms with van der Waals surface area (Å²) in [6.07, 6.45) is 0.494. The second-order valence-corrected chi connectivity index (χ2v) is 7.52. The average molecular weight is 378 g/mol. The van der Waals surface area contributed by atoms with Crippen LogP contribution in [0.1, 0.15) is 22.6 Å². The van der Waals surface area contributed by atoms with Crippen LogP contribution in [0.25, 0.3) is 0 Å². The van der Waals surface area contributed by atoms with Gasteiger partial charge in [0.1, 0.15) is 11.4 Å². The standard InChI is InChI=1S/C18H16ClNO4S/c1-12-18(13(2)23-20-12)25(21,22)24-17-9-8-16(19)11-15(17)10-14-6-4-3-5-7-14/h3-9,11H,10H2,1-2H3. The van der Waals surface area contributed by atoms with Crippen LogP contribution in [-0.2, 0) is 16.5 Å². The molecule has 0 fully saturated rings. The van der Waals surface area contributed by atoms with Crippen LogP contribution in [0.3, 0.4) is 0 Å². The topological polar surface area (TPSA) is 69.4 Å². The fourth-order valence-corrected chi connectivity index (χ4v) is 4.04. The molecule has 130 valence electrons. The highest BCUT2D eigenvalue weighted by molar-refractivity contribution is 7.87. The van der Waals surface area contributed by atoms with Gasteiger partial charge in [0.2, 0.25) is 0 Å². The first-order valence-electron chi connectivity index (χ1n) is 7.56. The molecule has 0 amide bonds. The third-order valence-corrected chi connectivity index (χ3v) is 5.39. The first-order valence-corrected chi connectivity index (χ1v) is 9.35. The van der Waals surface area contributed by atoms with Gasteiger partial charge in [0, 0.05) is 17.0 Å². The van der Waals surface area contributed by atoms with Crippen LogP contribution in [0.5, 0.6) is 5.75 Å². The highest BCUT2D eigenvalue weighted by Gasteiger charge is 2.27. The van der Waals surface area contributed by atoms with Crippen LogP contribution in [0.4, 0.5) is 0 Å².